The summed E-state index contributed by atoms with van der Waals surface area (Å²) in [5.74, 6) is -0.0146. The number of carbonyl (C=O) groups is 1. The van der Waals surface area contributed by atoms with Gasteiger partial charge in [-0.25, -0.2) is 0 Å². The third-order valence-electron chi connectivity index (χ3n) is 3.08. The molecule has 0 spiro atoms. The van der Waals surface area contributed by atoms with Gasteiger partial charge in [0.25, 0.3) is 0 Å². The number of anilines is 1. The second kappa shape index (κ2) is 7.14. The van der Waals surface area contributed by atoms with Gasteiger partial charge in [0, 0.05) is 26.3 Å². The smallest absolute Gasteiger partial charge is 0.222 e. The molecule has 19 heavy (non-hydrogen) atoms. The van der Waals surface area contributed by atoms with Crippen molar-refractivity contribution in [2.24, 2.45) is 5.92 Å². The van der Waals surface area contributed by atoms with Gasteiger partial charge in [-0.1, -0.05) is 26.0 Å². The van der Waals surface area contributed by atoms with Gasteiger partial charge in [-0.15, -0.1) is 0 Å². The molecule has 1 amide bonds. The third kappa shape index (κ3) is 5.30. The van der Waals surface area contributed by atoms with E-state index < -0.39 is 6.10 Å². The van der Waals surface area contributed by atoms with Crippen LogP contribution in [0.5, 0.6) is 0 Å². The summed E-state index contributed by atoms with van der Waals surface area (Å²) in [6, 6.07) is 8.01. The lowest BCUT2D eigenvalue weighted by atomic mass is 10.0. The summed E-state index contributed by atoms with van der Waals surface area (Å²) in [5, 5.41) is 12.5. The fourth-order valence-corrected chi connectivity index (χ4v) is 1.64. The average molecular weight is 264 g/mol. The Labute approximate surface area is 115 Å². The first-order chi connectivity index (χ1) is 8.90. The highest BCUT2D eigenvalue weighted by Crippen LogP contribution is 2.13. The predicted molar refractivity (Wildman–Crippen MR) is 78.1 cm³/mol. The highest BCUT2D eigenvalue weighted by molar-refractivity contribution is 5.76. The second-order valence-electron chi connectivity index (χ2n) is 5.36. The van der Waals surface area contributed by atoms with Crippen LogP contribution in [-0.2, 0) is 11.3 Å². The lowest BCUT2D eigenvalue weighted by molar-refractivity contribution is -0.123. The van der Waals surface area contributed by atoms with Crippen molar-refractivity contribution in [1.82, 2.24) is 5.32 Å². The van der Waals surface area contributed by atoms with Crippen LogP contribution < -0.4 is 10.2 Å². The number of nitrogens with zero attached hydrogens (tertiary/aromatic N) is 1. The number of amides is 1. The lowest BCUT2D eigenvalue weighted by Crippen LogP contribution is -2.29. The molecule has 4 heteroatoms. The average Bonchev–Trinajstić information content (AvgIpc) is 2.36. The van der Waals surface area contributed by atoms with E-state index in [2.05, 4.69) is 5.32 Å². The molecule has 106 valence electrons. The Balaban J connectivity index is 2.48. The van der Waals surface area contributed by atoms with Crippen molar-refractivity contribution in [3.8, 4) is 0 Å². The first-order valence-electron chi connectivity index (χ1n) is 6.61. The van der Waals surface area contributed by atoms with Gasteiger partial charge in [-0.05, 0) is 23.6 Å². The maximum absolute atomic E-state index is 11.7. The summed E-state index contributed by atoms with van der Waals surface area (Å²) in [4.78, 5) is 13.7. The number of hydrogen-bond donors (Lipinski definition) is 2. The SMILES string of the molecule is CC(C)C(O)CC(=O)NCc1cccc(N(C)C)c1. The van der Waals surface area contributed by atoms with Crippen LogP contribution in [0.4, 0.5) is 5.69 Å². The van der Waals surface area contributed by atoms with Crippen molar-refractivity contribution < 1.29 is 9.90 Å². The highest BCUT2D eigenvalue weighted by atomic mass is 16.3. The van der Waals surface area contributed by atoms with Gasteiger partial charge in [0.2, 0.25) is 5.91 Å². The zero-order valence-electron chi connectivity index (χ0n) is 12.2. The van der Waals surface area contributed by atoms with Crippen LogP contribution in [0.2, 0.25) is 0 Å². The van der Waals surface area contributed by atoms with E-state index in [1.165, 1.54) is 0 Å². The van der Waals surface area contributed by atoms with Crippen molar-refractivity contribution in [1.29, 1.82) is 0 Å². The molecule has 0 aliphatic rings. The minimum absolute atomic E-state index is 0.0998. The molecule has 0 aliphatic carbocycles. The van der Waals surface area contributed by atoms with Crippen LogP contribution in [0.15, 0.2) is 24.3 Å². The first kappa shape index (κ1) is 15.5. The molecule has 0 aromatic heterocycles. The first-order valence-corrected chi connectivity index (χ1v) is 6.61. The molecule has 1 aromatic carbocycles. The number of carbonyl (C=O) groups excluding carboxylic acids is 1. The van der Waals surface area contributed by atoms with Crippen molar-refractivity contribution in [3.63, 3.8) is 0 Å². The van der Waals surface area contributed by atoms with Crippen LogP contribution in [0, 0.1) is 5.92 Å². The zero-order chi connectivity index (χ0) is 14.4. The Morgan fingerprint density at radius 3 is 2.63 bits per heavy atom. The van der Waals surface area contributed by atoms with Crippen molar-refractivity contribution in [3.05, 3.63) is 29.8 Å². The minimum atomic E-state index is -0.576. The number of aliphatic hydroxyl groups excluding tert-OH is 1. The van der Waals surface area contributed by atoms with E-state index in [0.29, 0.717) is 6.54 Å². The van der Waals surface area contributed by atoms with Crippen LogP contribution in [0.1, 0.15) is 25.8 Å². The number of hydrogen-bond acceptors (Lipinski definition) is 3. The molecule has 0 saturated carbocycles. The van der Waals surface area contributed by atoms with Gasteiger partial charge >= 0.3 is 0 Å². The summed E-state index contributed by atoms with van der Waals surface area (Å²) in [7, 11) is 3.97. The van der Waals surface area contributed by atoms with E-state index in [4.69, 9.17) is 0 Å². The van der Waals surface area contributed by atoms with Crippen molar-refractivity contribution in [2.45, 2.75) is 32.9 Å². The van der Waals surface area contributed by atoms with E-state index in [1.807, 2.05) is 57.1 Å². The highest BCUT2D eigenvalue weighted by Gasteiger charge is 2.13. The maximum Gasteiger partial charge on any atom is 0.222 e. The van der Waals surface area contributed by atoms with Crippen LogP contribution >= 0.6 is 0 Å². The standard InChI is InChI=1S/C15H24N2O2/c1-11(2)14(18)9-15(19)16-10-12-6-5-7-13(8-12)17(3)4/h5-8,11,14,18H,9-10H2,1-4H3,(H,16,19). The Kier molecular flexibility index (Phi) is 5.83. The van der Waals surface area contributed by atoms with Crippen molar-refractivity contribution in [2.75, 3.05) is 19.0 Å². The molecule has 0 heterocycles. The minimum Gasteiger partial charge on any atom is -0.392 e. The molecule has 4 nitrogen and oxygen atoms in total. The number of rotatable bonds is 6. The molecular weight excluding hydrogens is 240 g/mol. The van der Waals surface area contributed by atoms with E-state index in [1.54, 1.807) is 0 Å². The van der Waals surface area contributed by atoms with E-state index in [9.17, 15) is 9.90 Å². The summed E-state index contributed by atoms with van der Waals surface area (Å²) in [5.41, 5.74) is 2.16. The number of benzene rings is 1. The summed E-state index contributed by atoms with van der Waals surface area (Å²) in [6.45, 7) is 4.29. The molecule has 1 rings (SSSR count). The number of aliphatic hydroxyl groups is 1. The molecule has 0 saturated heterocycles. The van der Waals surface area contributed by atoms with Crippen LogP contribution in [-0.4, -0.2) is 31.2 Å². The third-order valence-corrected chi connectivity index (χ3v) is 3.08. The summed E-state index contributed by atoms with van der Waals surface area (Å²) < 4.78 is 0. The van der Waals surface area contributed by atoms with Gasteiger partial charge < -0.3 is 15.3 Å². The zero-order valence-corrected chi connectivity index (χ0v) is 12.2. The largest absolute Gasteiger partial charge is 0.392 e. The molecule has 0 fully saturated rings. The Morgan fingerprint density at radius 1 is 1.37 bits per heavy atom. The number of nitrogens with one attached hydrogen (secondary N) is 1. The quantitative estimate of drug-likeness (QED) is 0.823. The Hall–Kier alpha value is -1.55. The molecule has 1 atom stereocenters. The van der Waals surface area contributed by atoms with Gasteiger partial charge in [0.1, 0.15) is 0 Å². The fraction of sp³-hybridized carbons (Fsp3) is 0.533. The van der Waals surface area contributed by atoms with Gasteiger partial charge in [0.15, 0.2) is 0 Å². The molecule has 2 N–H and O–H groups in total. The van der Waals surface area contributed by atoms with Gasteiger partial charge in [0.05, 0.1) is 12.5 Å². The van der Waals surface area contributed by atoms with Crippen LogP contribution in [0.25, 0.3) is 0 Å². The monoisotopic (exact) mass is 264 g/mol. The topological polar surface area (TPSA) is 52.6 Å². The second-order valence-corrected chi connectivity index (χ2v) is 5.36. The maximum atomic E-state index is 11.7. The van der Waals surface area contributed by atoms with Crippen LogP contribution in [0.3, 0.4) is 0 Å². The lowest BCUT2D eigenvalue weighted by Gasteiger charge is -2.15. The molecule has 0 aliphatic heterocycles. The Morgan fingerprint density at radius 2 is 2.05 bits per heavy atom. The van der Waals surface area contributed by atoms with Gasteiger partial charge in [-0.2, -0.15) is 0 Å². The molecule has 0 bridgehead atoms. The summed E-state index contributed by atoms with van der Waals surface area (Å²) >= 11 is 0. The predicted octanol–water partition coefficient (Wildman–Crippen LogP) is 1.78. The fourth-order valence-electron chi connectivity index (χ4n) is 1.64. The molecule has 0 radical (unpaired) electrons. The molecule has 1 unspecified atom stereocenters. The molecular formula is C15H24N2O2. The van der Waals surface area contributed by atoms with E-state index in [0.717, 1.165) is 11.3 Å². The normalized spacial score (nSPS) is 12.3. The summed E-state index contributed by atoms with van der Waals surface area (Å²) in [6.07, 6.45) is -0.418. The van der Waals surface area contributed by atoms with Crippen molar-refractivity contribution >= 4 is 11.6 Å². The van der Waals surface area contributed by atoms with E-state index >= 15 is 0 Å². The molecule has 1 aromatic rings. The van der Waals surface area contributed by atoms with E-state index in [-0.39, 0.29) is 18.2 Å². The van der Waals surface area contributed by atoms with Gasteiger partial charge in [-0.3, -0.25) is 4.79 Å². The Bertz CT molecular complexity index is 416.